The Balaban J connectivity index is 1.88. The maximum Gasteiger partial charge on any atom is 0.243 e. The lowest BCUT2D eigenvalue weighted by Crippen LogP contribution is -2.51. The van der Waals surface area contributed by atoms with Crippen molar-refractivity contribution in [2.24, 2.45) is 0 Å². The first-order valence-electron chi connectivity index (χ1n) is 13.5. The molecule has 0 saturated carbocycles. The van der Waals surface area contributed by atoms with Crippen LogP contribution in [0.3, 0.4) is 0 Å². The van der Waals surface area contributed by atoms with Gasteiger partial charge in [0.25, 0.3) is 0 Å². The van der Waals surface area contributed by atoms with Crippen molar-refractivity contribution in [3.8, 4) is 5.75 Å². The summed E-state index contributed by atoms with van der Waals surface area (Å²) in [5.41, 5.74) is 2.20. The molecule has 220 valence electrons. The van der Waals surface area contributed by atoms with Gasteiger partial charge < -0.3 is 15.0 Å². The Kier molecular flexibility index (Phi) is 11.6. The molecule has 0 aliphatic rings. The van der Waals surface area contributed by atoms with Gasteiger partial charge in [-0.25, -0.2) is 8.42 Å². The summed E-state index contributed by atoms with van der Waals surface area (Å²) in [6, 6.07) is 22.6. The molecule has 1 N–H and O–H groups in total. The third-order valence-corrected chi connectivity index (χ3v) is 7.91. The molecule has 0 fully saturated rings. The van der Waals surface area contributed by atoms with Gasteiger partial charge in [-0.05, 0) is 55.7 Å². The van der Waals surface area contributed by atoms with E-state index in [4.69, 9.17) is 16.3 Å². The quantitative estimate of drug-likeness (QED) is 0.279. The summed E-state index contributed by atoms with van der Waals surface area (Å²) in [6.45, 7) is 4.04. The van der Waals surface area contributed by atoms with Crippen LogP contribution in [0.4, 0.5) is 5.69 Å². The Labute approximate surface area is 248 Å². The van der Waals surface area contributed by atoms with Crippen LogP contribution in [-0.2, 0) is 32.6 Å². The number of benzene rings is 3. The second-order valence-corrected chi connectivity index (χ2v) is 12.5. The maximum absolute atomic E-state index is 13.8. The van der Waals surface area contributed by atoms with E-state index in [0.717, 1.165) is 17.4 Å². The maximum atomic E-state index is 13.8. The van der Waals surface area contributed by atoms with E-state index in [1.54, 1.807) is 41.3 Å². The number of sulfonamides is 1. The van der Waals surface area contributed by atoms with E-state index in [0.29, 0.717) is 22.9 Å². The largest absolute Gasteiger partial charge is 0.497 e. The molecule has 0 unspecified atom stereocenters. The number of halogens is 1. The zero-order chi connectivity index (χ0) is 30.0. The number of hydrogen-bond donors (Lipinski definition) is 1. The number of rotatable bonds is 14. The van der Waals surface area contributed by atoms with Gasteiger partial charge in [-0.2, -0.15) is 0 Å². The van der Waals surface area contributed by atoms with Gasteiger partial charge in [0.15, 0.2) is 0 Å². The van der Waals surface area contributed by atoms with Gasteiger partial charge in [0.05, 0.1) is 19.1 Å². The van der Waals surface area contributed by atoms with E-state index in [-0.39, 0.29) is 43.8 Å². The van der Waals surface area contributed by atoms with Crippen LogP contribution in [-0.4, -0.2) is 57.1 Å². The molecular formula is C31H38ClN3O5S. The van der Waals surface area contributed by atoms with E-state index < -0.39 is 16.1 Å². The van der Waals surface area contributed by atoms with E-state index in [1.807, 2.05) is 56.3 Å². The minimum atomic E-state index is -3.62. The molecule has 0 aliphatic carbocycles. The van der Waals surface area contributed by atoms with Gasteiger partial charge in [0, 0.05) is 43.1 Å². The Morgan fingerprint density at radius 1 is 0.951 bits per heavy atom. The number of amides is 2. The van der Waals surface area contributed by atoms with Crippen LogP contribution in [0.15, 0.2) is 78.9 Å². The highest BCUT2D eigenvalue weighted by Crippen LogP contribution is 2.24. The molecule has 0 aromatic heterocycles. The molecule has 1 atom stereocenters. The second-order valence-electron chi connectivity index (χ2n) is 10.2. The van der Waals surface area contributed by atoms with E-state index >= 15 is 0 Å². The third-order valence-electron chi connectivity index (χ3n) is 6.46. The standard InChI is InChI=1S/C31H38ClN3O5S/c1-23(2)33-31(37)29(20-24-10-6-5-7-11-24)34(22-25-15-17-26(32)18-16-25)30(36)14-9-19-35(41(4,38)39)27-12-8-13-28(21-27)40-3/h5-8,10-13,15-18,21,23,29H,9,14,19-20,22H2,1-4H3,(H,33,37)/t29-/m0/s1. The van der Waals surface area contributed by atoms with Crippen molar-refractivity contribution < 1.29 is 22.7 Å². The second kappa shape index (κ2) is 14.9. The van der Waals surface area contributed by atoms with Crippen LogP contribution in [0.25, 0.3) is 0 Å². The third kappa shape index (κ3) is 9.79. The van der Waals surface area contributed by atoms with Crippen molar-refractivity contribution in [2.75, 3.05) is 24.2 Å². The average Bonchev–Trinajstić information content (AvgIpc) is 2.93. The predicted molar refractivity (Wildman–Crippen MR) is 164 cm³/mol. The van der Waals surface area contributed by atoms with Crippen LogP contribution >= 0.6 is 11.6 Å². The lowest BCUT2D eigenvalue weighted by atomic mass is 10.0. The Morgan fingerprint density at radius 3 is 2.24 bits per heavy atom. The highest BCUT2D eigenvalue weighted by molar-refractivity contribution is 7.92. The summed E-state index contributed by atoms with van der Waals surface area (Å²) in [7, 11) is -2.11. The first kappa shape index (κ1) is 32.0. The number of methoxy groups -OCH3 is 1. The summed E-state index contributed by atoms with van der Waals surface area (Å²) in [5, 5.41) is 3.54. The summed E-state index contributed by atoms with van der Waals surface area (Å²) in [6.07, 6.45) is 1.76. The lowest BCUT2D eigenvalue weighted by molar-refractivity contribution is -0.141. The Morgan fingerprint density at radius 2 is 1.63 bits per heavy atom. The van der Waals surface area contributed by atoms with Gasteiger partial charge in [-0.3, -0.25) is 13.9 Å². The van der Waals surface area contributed by atoms with Crippen molar-refractivity contribution in [3.05, 3.63) is 95.0 Å². The topological polar surface area (TPSA) is 96.0 Å². The molecule has 0 aliphatic heterocycles. The molecule has 10 heteroatoms. The summed E-state index contributed by atoms with van der Waals surface area (Å²) >= 11 is 6.09. The molecule has 0 saturated heterocycles. The van der Waals surface area contributed by atoms with Crippen LogP contribution in [0, 0.1) is 0 Å². The lowest BCUT2D eigenvalue weighted by Gasteiger charge is -2.32. The molecule has 0 heterocycles. The number of anilines is 1. The zero-order valence-electron chi connectivity index (χ0n) is 23.9. The molecule has 41 heavy (non-hydrogen) atoms. The first-order valence-corrected chi connectivity index (χ1v) is 15.7. The molecule has 3 rings (SSSR count). The van der Waals surface area contributed by atoms with Gasteiger partial charge in [0.2, 0.25) is 21.8 Å². The smallest absolute Gasteiger partial charge is 0.243 e. The van der Waals surface area contributed by atoms with Crippen molar-refractivity contribution >= 4 is 39.1 Å². The van der Waals surface area contributed by atoms with E-state index in [9.17, 15) is 18.0 Å². The first-order chi connectivity index (χ1) is 19.5. The number of ether oxygens (including phenoxy) is 1. The molecule has 2 amide bonds. The van der Waals surface area contributed by atoms with Gasteiger partial charge in [-0.15, -0.1) is 0 Å². The summed E-state index contributed by atoms with van der Waals surface area (Å²) in [4.78, 5) is 28.9. The van der Waals surface area contributed by atoms with Crippen molar-refractivity contribution in [3.63, 3.8) is 0 Å². The van der Waals surface area contributed by atoms with Crippen LogP contribution < -0.4 is 14.4 Å². The van der Waals surface area contributed by atoms with Gasteiger partial charge in [-0.1, -0.05) is 60.1 Å². The fourth-order valence-corrected chi connectivity index (χ4v) is 5.57. The highest BCUT2D eigenvalue weighted by Gasteiger charge is 2.31. The number of nitrogens with zero attached hydrogens (tertiary/aromatic N) is 2. The van der Waals surface area contributed by atoms with Crippen LogP contribution in [0.5, 0.6) is 5.75 Å². The van der Waals surface area contributed by atoms with Crippen molar-refractivity contribution in [1.29, 1.82) is 0 Å². The van der Waals surface area contributed by atoms with Crippen LogP contribution in [0.1, 0.15) is 37.8 Å². The van der Waals surface area contributed by atoms with Crippen molar-refractivity contribution in [2.45, 2.75) is 51.7 Å². The fourth-order valence-electron chi connectivity index (χ4n) is 4.49. The SMILES string of the molecule is COc1cccc(N(CCCC(=O)N(Cc2ccc(Cl)cc2)[C@@H](Cc2ccccc2)C(=O)NC(C)C)S(C)(=O)=O)c1. The van der Waals surface area contributed by atoms with E-state index in [2.05, 4.69) is 5.32 Å². The zero-order valence-corrected chi connectivity index (χ0v) is 25.5. The average molecular weight is 600 g/mol. The molecule has 0 spiro atoms. The normalized spacial score (nSPS) is 12.0. The molecule has 3 aromatic carbocycles. The Hall–Kier alpha value is -3.56. The van der Waals surface area contributed by atoms with Gasteiger partial charge >= 0.3 is 0 Å². The molecule has 0 radical (unpaired) electrons. The van der Waals surface area contributed by atoms with Crippen molar-refractivity contribution in [1.82, 2.24) is 10.2 Å². The predicted octanol–water partition coefficient (Wildman–Crippen LogP) is 5.06. The minimum absolute atomic E-state index is 0.0455. The number of carbonyl (C=O) groups excluding carboxylic acids is 2. The summed E-state index contributed by atoms with van der Waals surface area (Å²) in [5.74, 6) is 0.0282. The fraction of sp³-hybridized carbons (Fsp3) is 0.355. The number of hydrogen-bond acceptors (Lipinski definition) is 5. The molecule has 3 aromatic rings. The monoisotopic (exact) mass is 599 g/mol. The highest BCUT2D eigenvalue weighted by atomic mass is 35.5. The number of nitrogens with one attached hydrogen (secondary N) is 1. The minimum Gasteiger partial charge on any atom is -0.497 e. The van der Waals surface area contributed by atoms with E-state index in [1.165, 1.54) is 11.4 Å². The molecular weight excluding hydrogens is 562 g/mol. The molecule has 8 nitrogen and oxygen atoms in total. The molecule has 0 bridgehead atoms. The Bertz CT molecular complexity index is 1400. The number of carbonyl (C=O) groups is 2. The van der Waals surface area contributed by atoms with Crippen LogP contribution in [0.2, 0.25) is 5.02 Å². The van der Waals surface area contributed by atoms with Gasteiger partial charge in [0.1, 0.15) is 11.8 Å². The summed E-state index contributed by atoms with van der Waals surface area (Å²) < 4.78 is 31.8.